The Morgan fingerprint density at radius 1 is 1.25 bits per heavy atom. The van der Waals surface area contributed by atoms with Crippen LogP contribution in [-0.4, -0.2) is 30.4 Å². The third-order valence-electron chi connectivity index (χ3n) is 3.37. The smallest absolute Gasteiger partial charge is 0.0264 e. The van der Waals surface area contributed by atoms with E-state index in [4.69, 9.17) is 11.6 Å². The quantitative estimate of drug-likeness (QED) is 0.711. The van der Waals surface area contributed by atoms with Crippen molar-refractivity contribution in [2.45, 2.75) is 19.3 Å². The molecule has 0 amide bonds. The summed E-state index contributed by atoms with van der Waals surface area (Å²) in [5.74, 6) is 1.56. The first-order valence-electron chi connectivity index (χ1n) is 6.20. The van der Waals surface area contributed by atoms with Gasteiger partial charge in [-0.3, -0.25) is 0 Å². The monoisotopic (exact) mass is 237 g/mol. The van der Waals surface area contributed by atoms with E-state index in [1.165, 1.54) is 44.5 Å². The van der Waals surface area contributed by atoms with E-state index in [-0.39, 0.29) is 0 Å². The number of hydrogen-bond acceptors (Lipinski definition) is 1. The van der Waals surface area contributed by atoms with Crippen LogP contribution in [0.1, 0.15) is 18.4 Å². The van der Waals surface area contributed by atoms with E-state index in [0.29, 0.717) is 0 Å². The summed E-state index contributed by atoms with van der Waals surface area (Å²) in [6.07, 6.45) is 3.75. The molecule has 0 saturated carbocycles. The van der Waals surface area contributed by atoms with E-state index in [1.807, 2.05) is 0 Å². The highest BCUT2D eigenvalue weighted by atomic mass is 35.5. The largest absolute Gasteiger partial charge is 0.303 e. The Kier molecular flexibility index (Phi) is 4.68. The van der Waals surface area contributed by atoms with Gasteiger partial charge in [-0.25, -0.2) is 0 Å². The Morgan fingerprint density at radius 3 is 2.75 bits per heavy atom. The molecule has 88 valence electrons. The molecule has 1 aromatic carbocycles. The third kappa shape index (κ3) is 3.50. The summed E-state index contributed by atoms with van der Waals surface area (Å²) in [5, 5.41) is 0. The molecule has 1 fully saturated rings. The van der Waals surface area contributed by atoms with E-state index in [9.17, 15) is 0 Å². The highest BCUT2D eigenvalue weighted by Gasteiger charge is 2.20. The first-order chi connectivity index (χ1) is 7.88. The van der Waals surface area contributed by atoms with Crippen molar-refractivity contribution in [2.24, 2.45) is 5.92 Å². The van der Waals surface area contributed by atoms with Crippen LogP contribution < -0.4 is 0 Å². The lowest BCUT2D eigenvalue weighted by molar-refractivity contribution is 0.324. The maximum atomic E-state index is 5.88. The molecule has 1 aromatic rings. The molecule has 0 bridgehead atoms. The average Bonchev–Trinajstić information content (AvgIpc) is 2.78. The highest BCUT2D eigenvalue weighted by Crippen LogP contribution is 2.17. The van der Waals surface area contributed by atoms with Gasteiger partial charge in [-0.1, -0.05) is 30.3 Å². The molecule has 2 heteroatoms. The molecule has 0 aromatic heterocycles. The van der Waals surface area contributed by atoms with Crippen LogP contribution in [-0.2, 0) is 6.42 Å². The molecule has 0 radical (unpaired) electrons. The fourth-order valence-electron chi connectivity index (χ4n) is 2.39. The van der Waals surface area contributed by atoms with Crippen molar-refractivity contribution in [3.05, 3.63) is 35.9 Å². The van der Waals surface area contributed by atoms with Gasteiger partial charge >= 0.3 is 0 Å². The first kappa shape index (κ1) is 11.9. The maximum absolute atomic E-state index is 5.88. The van der Waals surface area contributed by atoms with Gasteiger partial charge in [-0.05, 0) is 43.8 Å². The van der Waals surface area contributed by atoms with Gasteiger partial charge in [-0.15, -0.1) is 11.6 Å². The molecular weight excluding hydrogens is 218 g/mol. The van der Waals surface area contributed by atoms with Crippen LogP contribution in [0.15, 0.2) is 30.3 Å². The molecule has 1 atom stereocenters. The van der Waals surface area contributed by atoms with Gasteiger partial charge in [0, 0.05) is 12.4 Å². The van der Waals surface area contributed by atoms with Crippen LogP contribution >= 0.6 is 11.6 Å². The van der Waals surface area contributed by atoms with Crippen molar-refractivity contribution in [1.82, 2.24) is 4.90 Å². The van der Waals surface area contributed by atoms with Gasteiger partial charge in [0.25, 0.3) is 0 Å². The number of aryl methyl sites for hydroxylation is 1. The van der Waals surface area contributed by atoms with E-state index in [0.717, 1.165) is 11.8 Å². The van der Waals surface area contributed by atoms with Crippen LogP contribution in [0.5, 0.6) is 0 Å². The normalized spacial score (nSPS) is 21.4. The number of hydrogen-bond donors (Lipinski definition) is 0. The summed E-state index contributed by atoms with van der Waals surface area (Å²) in [6, 6.07) is 10.7. The second-order valence-electron chi connectivity index (χ2n) is 4.70. The Labute approximate surface area is 103 Å². The lowest BCUT2D eigenvalue weighted by Crippen LogP contribution is -2.22. The zero-order chi connectivity index (χ0) is 11.2. The predicted molar refractivity (Wildman–Crippen MR) is 70.0 cm³/mol. The van der Waals surface area contributed by atoms with Crippen molar-refractivity contribution in [3.8, 4) is 0 Å². The van der Waals surface area contributed by atoms with Crippen LogP contribution in [0, 0.1) is 5.92 Å². The topological polar surface area (TPSA) is 3.24 Å². The van der Waals surface area contributed by atoms with Crippen molar-refractivity contribution in [2.75, 3.05) is 25.5 Å². The van der Waals surface area contributed by atoms with Gasteiger partial charge in [-0.2, -0.15) is 0 Å². The minimum absolute atomic E-state index is 0.735. The van der Waals surface area contributed by atoms with Crippen LogP contribution in [0.2, 0.25) is 0 Å². The standard InChI is InChI=1S/C14H20ClN/c15-11-14-8-10-16(12-14)9-4-7-13-5-2-1-3-6-13/h1-3,5-6,14H,4,7-12H2. The minimum Gasteiger partial charge on any atom is -0.303 e. The molecule has 0 N–H and O–H groups in total. The summed E-state index contributed by atoms with van der Waals surface area (Å²) in [6.45, 7) is 3.67. The molecule has 1 saturated heterocycles. The van der Waals surface area contributed by atoms with E-state index >= 15 is 0 Å². The average molecular weight is 238 g/mol. The number of alkyl halides is 1. The summed E-state index contributed by atoms with van der Waals surface area (Å²) in [5.41, 5.74) is 1.45. The summed E-state index contributed by atoms with van der Waals surface area (Å²) >= 11 is 5.88. The number of rotatable bonds is 5. The molecule has 16 heavy (non-hydrogen) atoms. The van der Waals surface area contributed by atoms with Gasteiger partial charge in [0.1, 0.15) is 0 Å². The minimum atomic E-state index is 0.735. The molecular formula is C14H20ClN. The fourth-order valence-corrected chi connectivity index (χ4v) is 2.65. The molecule has 1 aliphatic heterocycles. The van der Waals surface area contributed by atoms with Crippen LogP contribution in [0.25, 0.3) is 0 Å². The van der Waals surface area contributed by atoms with Crippen molar-refractivity contribution < 1.29 is 0 Å². The Bertz CT molecular complexity index is 299. The molecule has 2 rings (SSSR count). The molecule has 1 heterocycles. The summed E-state index contributed by atoms with van der Waals surface area (Å²) < 4.78 is 0. The van der Waals surface area contributed by atoms with Gasteiger partial charge < -0.3 is 4.90 Å². The van der Waals surface area contributed by atoms with E-state index in [2.05, 4.69) is 35.2 Å². The lowest BCUT2D eigenvalue weighted by Gasteiger charge is -2.15. The first-order valence-corrected chi connectivity index (χ1v) is 6.74. The van der Waals surface area contributed by atoms with Gasteiger partial charge in [0.05, 0.1) is 0 Å². The third-order valence-corrected chi connectivity index (χ3v) is 3.81. The fraction of sp³-hybridized carbons (Fsp3) is 0.571. The Hall–Kier alpha value is -0.530. The second-order valence-corrected chi connectivity index (χ2v) is 5.01. The summed E-state index contributed by atoms with van der Waals surface area (Å²) in [7, 11) is 0. The second kappa shape index (κ2) is 6.27. The van der Waals surface area contributed by atoms with Gasteiger partial charge in [0.2, 0.25) is 0 Å². The van der Waals surface area contributed by atoms with Crippen molar-refractivity contribution in [3.63, 3.8) is 0 Å². The number of nitrogens with zero attached hydrogens (tertiary/aromatic N) is 1. The van der Waals surface area contributed by atoms with Gasteiger partial charge in [0.15, 0.2) is 0 Å². The van der Waals surface area contributed by atoms with Crippen LogP contribution in [0.3, 0.4) is 0 Å². The zero-order valence-corrected chi connectivity index (χ0v) is 10.5. The molecule has 1 unspecified atom stereocenters. The molecule has 0 aliphatic carbocycles. The zero-order valence-electron chi connectivity index (χ0n) is 9.74. The molecule has 1 aliphatic rings. The predicted octanol–water partition coefficient (Wildman–Crippen LogP) is 3.18. The molecule has 1 nitrogen and oxygen atoms in total. The lowest BCUT2D eigenvalue weighted by atomic mass is 10.1. The summed E-state index contributed by atoms with van der Waals surface area (Å²) in [4.78, 5) is 2.55. The maximum Gasteiger partial charge on any atom is 0.0264 e. The molecule has 0 spiro atoms. The van der Waals surface area contributed by atoms with E-state index < -0.39 is 0 Å². The van der Waals surface area contributed by atoms with Crippen LogP contribution in [0.4, 0.5) is 0 Å². The SMILES string of the molecule is ClCC1CCN(CCCc2ccccc2)C1. The number of benzene rings is 1. The van der Waals surface area contributed by atoms with Crippen molar-refractivity contribution in [1.29, 1.82) is 0 Å². The van der Waals surface area contributed by atoms with Crippen molar-refractivity contribution >= 4 is 11.6 Å². The number of likely N-dealkylation sites (tertiary alicyclic amines) is 1. The number of halogens is 1. The highest BCUT2D eigenvalue weighted by molar-refractivity contribution is 6.18. The Morgan fingerprint density at radius 2 is 2.06 bits per heavy atom. The Balaban J connectivity index is 1.65. The van der Waals surface area contributed by atoms with E-state index in [1.54, 1.807) is 0 Å².